The van der Waals surface area contributed by atoms with Crippen molar-refractivity contribution in [2.24, 2.45) is 0 Å². The van der Waals surface area contributed by atoms with Crippen LogP contribution >= 0.6 is 0 Å². The highest BCUT2D eigenvalue weighted by atomic mass is 19.4. The lowest BCUT2D eigenvalue weighted by molar-refractivity contribution is -0.211. The van der Waals surface area contributed by atoms with Crippen LogP contribution in [0.25, 0.3) is 11.0 Å². The number of hydrogen-bond donors (Lipinski definition) is 2. The Labute approximate surface area is 225 Å². The molecule has 1 unspecified atom stereocenters. The van der Waals surface area contributed by atoms with Crippen LogP contribution < -0.4 is 10.2 Å². The monoisotopic (exact) mass is 578 g/mol. The van der Waals surface area contributed by atoms with Crippen LogP contribution in [-0.4, -0.2) is 41.2 Å². The van der Waals surface area contributed by atoms with Crippen LogP contribution in [0.3, 0.4) is 0 Å². The first-order chi connectivity index (χ1) is 19.3. The summed E-state index contributed by atoms with van der Waals surface area (Å²) in [4.78, 5) is 45.1. The van der Waals surface area contributed by atoms with Crippen molar-refractivity contribution in [2.75, 3.05) is 17.3 Å². The molecule has 1 aliphatic heterocycles. The van der Waals surface area contributed by atoms with Crippen LogP contribution in [0.5, 0.6) is 0 Å². The smallest absolute Gasteiger partial charge is 0.453 e. The maximum Gasteiger partial charge on any atom is 0.491 e. The van der Waals surface area contributed by atoms with E-state index in [1.54, 1.807) is 0 Å². The second-order valence-corrected chi connectivity index (χ2v) is 8.70. The van der Waals surface area contributed by atoms with E-state index in [1.165, 1.54) is 42.5 Å². The summed E-state index contributed by atoms with van der Waals surface area (Å²) in [5.41, 5.74) is -4.78. The van der Waals surface area contributed by atoms with E-state index in [0.717, 1.165) is 19.2 Å². The lowest BCUT2D eigenvalue weighted by Crippen LogP contribution is -2.50. The number of methoxy groups -OCH3 is 1. The molecule has 0 spiro atoms. The van der Waals surface area contributed by atoms with Crippen LogP contribution in [-0.2, 0) is 26.2 Å². The van der Waals surface area contributed by atoms with Crippen molar-refractivity contribution < 1.29 is 50.2 Å². The van der Waals surface area contributed by atoms with E-state index in [0.29, 0.717) is 17.0 Å². The normalized spacial score (nSPS) is 17.0. The second kappa shape index (κ2) is 9.53. The van der Waals surface area contributed by atoms with E-state index < -0.39 is 47.3 Å². The third-order valence-electron chi connectivity index (χ3n) is 6.22. The number of fused-ring (bicyclic) bond motifs is 2. The molecule has 2 amide bonds. The van der Waals surface area contributed by atoms with Crippen LogP contribution in [0, 0.1) is 0 Å². The highest BCUT2D eigenvalue weighted by Gasteiger charge is 2.58. The van der Waals surface area contributed by atoms with Gasteiger partial charge in [-0.05, 0) is 36.4 Å². The quantitative estimate of drug-likeness (QED) is 0.236. The number of nitrogens with zero attached hydrogens (tertiary/aromatic N) is 2. The van der Waals surface area contributed by atoms with Gasteiger partial charge in [-0.25, -0.2) is 14.6 Å². The predicted octanol–water partition coefficient (Wildman–Crippen LogP) is 5.73. The lowest BCUT2D eigenvalue weighted by atomic mass is 9.92. The Balaban J connectivity index is 1.79. The zero-order valence-corrected chi connectivity index (χ0v) is 20.6. The number of aromatic amines is 1. The minimum Gasteiger partial charge on any atom is -0.453 e. The van der Waals surface area contributed by atoms with Crippen molar-refractivity contribution in [3.63, 3.8) is 0 Å². The summed E-state index contributed by atoms with van der Waals surface area (Å²) in [7, 11) is 1.10. The fraction of sp³-hybridized carbons (Fsp3) is 0.154. The molecule has 41 heavy (non-hydrogen) atoms. The van der Waals surface area contributed by atoms with Gasteiger partial charge in [0.25, 0.3) is 5.91 Å². The SMILES string of the molecule is COC(=O)Nc1nc2ccc(C3(OC(=O)C(F)(F)F)c4ccccc4C(=O)N3c3cccc(C(F)(F)F)c3)cc2[nH]1. The molecule has 0 aliphatic carbocycles. The molecule has 1 aliphatic rings. The van der Waals surface area contributed by atoms with Crippen molar-refractivity contribution in [1.82, 2.24) is 9.97 Å². The molecule has 5 rings (SSSR count). The van der Waals surface area contributed by atoms with E-state index in [1.807, 2.05) is 0 Å². The maximum absolute atomic E-state index is 13.7. The molecule has 0 saturated heterocycles. The van der Waals surface area contributed by atoms with Crippen molar-refractivity contribution in [3.8, 4) is 0 Å². The third-order valence-corrected chi connectivity index (χ3v) is 6.22. The van der Waals surface area contributed by atoms with E-state index in [4.69, 9.17) is 4.74 Å². The molecular weight excluding hydrogens is 562 g/mol. The van der Waals surface area contributed by atoms with Gasteiger partial charge < -0.3 is 14.5 Å². The van der Waals surface area contributed by atoms with E-state index in [2.05, 4.69) is 20.0 Å². The number of carbonyl (C=O) groups is 3. The van der Waals surface area contributed by atoms with Crippen molar-refractivity contribution >= 4 is 40.6 Å². The number of esters is 1. The first-order valence-corrected chi connectivity index (χ1v) is 11.5. The molecule has 9 nitrogen and oxygen atoms in total. The third kappa shape index (κ3) is 4.68. The van der Waals surface area contributed by atoms with Gasteiger partial charge >= 0.3 is 24.4 Å². The summed E-state index contributed by atoms with van der Waals surface area (Å²) in [6, 6.07) is 12.2. The van der Waals surface area contributed by atoms with Gasteiger partial charge in [0, 0.05) is 22.4 Å². The van der Waals surface area contributed by atoms with Gasteiger partial charge in [-0.3, -0.25) is 15.0 Å². The summed E-state index contributed by atoms with van der Waals surface area (Å²) in [6.07, 6.45) is -11.3. The fourth-order valence-electron chi connectivity index (χ4n) is 4.53. The molecule has 4 aromatic rings. The number of rotatable bonds is 4. The van der Waals surface area contributed by atoms with E-state index in [-0.39, 0.29) is 33.7 Å². The number of halogens is 6. The molecule has 2 heterocycles. The first-order valence-electron chi connectivity index (χ1n) is 11.5. The summed E-state index contributed by atoms with van der Waals surface area (Å²) >= 11 is 0. The van der Waals surface area contributed by atoms with Crippen molar-refractivity contribution in [2.45, 2.75) is 18.1 Å². The predicted molar refractivity (Wildman–Crippen MR) is 130 cm³/mol. The molecule has 0 saturated carbocycles. The second-order valence-electron chi connectivity index (χ2n) is 8.70. The van der Waals surface area contributed by atoms with Gasteiger partial charge in [0.1, 0.15) is 0 Å². The zero-order valence-electron chi connectivity index (χ0n) is 20.6. The Hall–Kier alpha value is -5.08. The van der Waals surface area contributed by atoms with Gasteiger partial charge in [-0.15, -0.1) is 0 Å². The molecule has 0 radical (unpaired) electrons. The van der Waals surface area contributed by atoms with Gasteiger partial charge in [-0.2, -0.15) is 26.3 Å². The standard InChI is InChI=1S/C26H16F6N4O5/c1-40-23(39)35-22-33-18-10-9-13(12-19(18)34-22)24(41-21(38)26(30,31)32)17-8-3-2-7-16(17)20(37)36(24)15-6-4-5-14(11-15)25(27,28)29/h2-12H,1H3,(H2,33,34,35,39). The number of imidazole rings is 1. The number of H-pyrrole nitrogens is 1. The van der Waals surface area contributed by atoms with Gasteiger partial charge in [-0.1, -0.05) is 30.3 Å². The van der Waals surface area contributed by atoms with Crippen LogP contribution in [0.2, 0.25) is 0 Å². The molecule has 0 bridgehead atoms. The number of ether oxygens (including phenoxy) is 2. The minimum absolute atomic E-state index is 0.108. The molecule has 15 heteroatoms. The molecule has 2 N–H and O–H groups in total. The number of anilines is 2. The number of nitrogens with one attached hydrogen (secondary N) is 2. The van der Waals surface area contributed by atoms with Crippen LogP contribution in [0.4, 0.5) is 42.8 Å². The number of amides is 2. The molecular formula is C26H16F6N4O5. The topological polar surface area (TPSA) is 114 Å². The lowest BCUT2D eigenvalue weighted by Gasteiger charge is -2.39. The largest absolute Gasteiger partial charge is 0.491 e. The minimum atomic E-state index is -5.54. The van der Waals surface area contributed by atoms with Gasteiger partial charge in [0.15, 0.2) is 0 Å². The summed E-state index contributed by atoms with van der Waals surface area (Å²) < 4.78 is 91.3. The Morgan fingerprint density at radius 1 is 0.976 bits per heavy atom. The Morgan fingerprint density at radius 3 is 2.39 bits per heavy atom. The summed E-state index contributed by atoms with van der Waals surface area (Å²) in [5, 5.41) is 2.28. The Bertz CT molecular complexity index is 1700. The number of alkyl halides is 6. The number of aromatic nitrogens is 2. The first kappa shape index (κ1) is 27.5. The van der Waals surface area contributed by atoms with Gasteiger partial charge in [0.05, 0.1) is 23.7 Å². The highest BCUT2D eigenvalue weighted by Crippen LogP contribution is 2.49. The summed E-state index contributed by atoms with van der Waals surface area (Å²) in [6.45, 7) is 0. The maximum atomic E-state index is 13.7. The van der Waals surface area contributed by atoms with Crippen LogP contribution in [0.15, 0.2) is 66.7 Å². The Morgan fingerprint density at radius 2 is 1.71 bits per heavy atom. The van der Waals surface area contributed by atoms with Crippen molar-refractivity contribution in [3.05, 3.63) is 89.0 Å². The van der Waals surface area contributed by atoms with Crippen molar-refractivity contribution in [1.29, 1.82) is 0 Å². The Kier molecular flexibility index (Phi) is 6.39. The molecule has 0 fully saturated rings. The molecule has 3 aromatic carbocycles. The average Bonchev–Trinajstić information content (AvgIpc) is 3.43. The fourth-order valence-corrected chi connectivity index (χ4v) is 4.53. The average molecular weight is 578 g/mol. The van der Waals surface area contributed by atoms with E-state index in [9.17, 15) is 40.7 Å². The number of benzene rings is 3. The number of carbonyl (C=O) groups excluding carboxylic acids is 3. The summed E-state index contributed by atoms with van der Waals surface area (Å²) in [5.74, 6) is -3.83. The molecule has 1 atom stereocenters. The highest BCUT2D eigenvalue weighted by molar-refractivity contribution is 6.13. The zero-order chi connectivity index (χ0) is 29.7. The van der Waals surface area contributed by atoms with Crippen LogP contribution in [0.1, 0.15) is 27.0 Å². The molecule has 212 valence electrons. The van der Waals surface area contributed by atoms with E-state index >= 15 is 0 Å². The molecule has 1 aromatic heterocycles. The van der Waals surface area contributed by atoms with Gasteiger partial charge in [0.2, 0.25) is 11.7 Å². The number of hydrogen-bond acceptors (Lipinski definition) is 6.